The van der Waals surface area contributed by atoms with Crippen molar-refractivity contribution in [3.05, 3.63) is 35.7 Å². The molecule has 1 aromatic heterocycles. The molecule has 2 N–H and O–H groups in total. The van der Waals surface area contributed by atoms with E-state index in [4.69, 9.17) is 10.3 Å². The lowest BCUT2D eigenvalue weighted by molar-refractivity contribution is 0.415. The molecule has 0 spiro atoms. The fourth-order valence-electron chi connectivity index (χ4n) is 1.80. The second-order valence-corrected chi connectivity index (χ2v) is 5.80. The average Bonchev–Trinajstić information content (AvgIpc) is 2.86. The molecule has 0 aliphatic heterocycles. The van der Waals surface area contributed by atoms with Gasteiger partial charge in [-0.15, -0.1) is 0 Å². The molecule has 19 heavy (non-hydrogen) atoms. The van der Waals surface area contributed by atoms with Gasteiger partial charge in [0.05, 0.1) is 6.04 Å². The van der Waals surface area contributed by atoms with Gasteiger partial charge in [0.15, 0.2) is 5.82 Å². The maximum Gasteiger partial charge on any atom is 0.257 e. The molecule has 1 atom stereocenters. The second-order valence-electron chi connectivity index (χ2n) is 5.80. The van der Waals surface area contributed by atoms with Crippen LogP contribution in [0, 0.1) is 0 Å². The molecule has 102 valence electrons. The Morgan fingerprint density at radius 3 is 2.37 bits per heavy atom. The topological polar surface area (TPSA) is 64.9 Å². The first kappa shape index (κ1) is 13.7. The molecular weight excluding hydrogens is 238 g/mol. The Morgan fingerprint density at radius 1 is 1.21 bits per heavy atom. The molecule has 0 bridgehead atoms. The fourth-order valence-corrected chi connectivity index (χ4v) is 1.80. The number of benzene rings is 1. The van der Waals surface area contributed by atoms with Gasteiger partial charge in [-0.3, -0.25) is 0 Å². The summed E-state index contributed by atoms with van der Waals surface area (Å²) in [6.45, 7) is 8.56. The predicted molar refractivity (Wildman–Crippen MR) is 75.7 cm³/mol. The summed E-state index contributed by atoms with van der Waals surface area (Å²) < 4.78 is 5.26. The first-order valence-electron chi connectivity index (χ1n) is 6.62. The van der Waals surface area contributed by atoms with Crippen LogP contribution in [0.4, 0.5) is 0 Å². The predicted octanol–water partition coefficient (Wildman–Crippen LogP) is 3.44. The van der Waals surface area contributed by atoms with Gasteiger partial charge in [0.2, 0.25) is 0 Å². The number of aromatic nitrogens is 2. The van der Waals surface area contributed by atoms with Gasteiger partial charge in [-0.25, -0.2) is 0 Å². The standard InChI is InChI=1S/C15H21N3O/c1-5-12(16)13-17-14(19-18-13)10-6-8-11(9-7-10)15(2,3)4/h6-9,12H,5,16H2,1-4H3. The molecule has 4 nitrogen and oxygen atoms in total. The van der Waals surface area contributed by atoms with Gasteiger partial charge in [0.25, 0.3) is 5.89 Å². The van der Waals surface area contributed by atoms with E-state index in [1.54, 1.807) is 0 Å². The summed E-state index contributed by atoms with van der Waals surface area (Å²) in [5, 5.41) is 3.92. The highest BCUT2D eigenvalue weighted by molar-refractivity contribution is 5.53. The van der Waals surface area contributed by atoms with Gasteiger partial charge < -0.3 is 10.3 Å². The Balaban J connectivity index is 2.25. The summed E-state index contributed by atoms with van der Waals surface area (Å²) in [5.74, 6) is 1.09. The van der Waals surface area contributed by atoms with Gasteiger partial charge >= 0.3 is 0 Å². The highest BCUT2D eigenvalue weighted by atomic mass is 16.5. The van der Waals surface area contributed by atoms with E-state index in [2.05, 4.69) is 43.0 Å². The second kappa shape index (κ2) is 5.13. The van der Waals surface area contributed by atoms with E-state index in [1.807, 2.05) is 19.1 Å². The number of nitrogens with two attached hydrogens (primary N) is 1. The molecule has 0 fully saturated rings. The van der Waals surface area contributed by atoms with E-state index in [1.165, 1.54) is 5.56 Å². The summed E-state index contributed by atoms with van der Waals surface area (Å²) in [7, 11) is 0. The molecular formula is C15H21N3O. The summed E-state index contributed by atoms with van der Waals surface area (Å²) >= 11 is 0. The van der Waals surface area contributed by atoms with Crippen molar-refractivity contribution in [2.75, 3.05) is 0 Å². The van der Waals surface area contributed by atoms with E-state index >= 15 is 0 Å². The fraction of sp³-hybridized carbons (Fsp3) is 0.467. The zero-order valence-corrected chi connectivity index (χ0v) is 12.0. The Hall–Kier alpha value is -1.68. The lowest BCUT2D eigenvalue weighted by atomic mass is 9.87. The van der Waals surface area contributed by atoms with Crippen LogP contribution in [0.2, 0.25) is 0 Å². The minimum atomic E-state index is -0.161. The van der Waals surface area contributed by atoms with Gasteiger partial charge in [-0.05, 0) is 29.5 Å². The Morgan fingerprint density at radius 2 is 1.84 bits per heavy atom. The van der Waals surface area contributed by atoms with Crippen molar-refractivity contribution >= 4 is 0 Å². The van der Waals surface area contributed by atoms with Crippen LogP contribution in [0.5, 0.6) is 0 Å². The lowest BCUT2D eigenvalue weighted by Crippen LogP contribution is -2.10. The van der Waals surface area contributed by atoms with Crippen molar-refractivity contribution in [2.24, 2.45) is 5.73 Å². The van der Waals surface area contributed by atoms with E-state index < -0.39 is 0 Å². The zero-order valence-electron chi connectivity index (χ0n) is 12.0. The minimum absolute atomic E-state index is 0.142. The molecule has 0 radical (unpaired) electrons. The molecule has 0 aliphatic rings. The molecule has 1 heterocycles. The van der Waals surface area contributed by atoms with Crippen LogP contribution in [-0.4, -0.2) is 10.1 Å². The van der Waals surface area contributed by atoms with Gasteiger partial charge in [-0.2, -0.15) is 4.98 Å². The lowest BCUT2D eigenvalue weighted by Gasteiger charge is -2.18. The van der Waals surface area contributed by atoms with Gasteiger partial charge in [0.1, 0.15) is 0 Å². The third-order valence-corrected chi connectivity index (χ3v) is 3.21. The largest absolute Gasteiger partial charge is 0.334 e. The molecule has 0 aliphatic carbocycles. The normalized spacial score (nSPS) is 13.5. The third kappa shape index (κ3) is 3.01. The van der Waals surface area contributed by atoms with Crippen LogP contribution in [0.1, 0.15) is 51.5 Å². The van der Waals surface area contributed by atoms with Crippen molar-refractivity contribution in [2.45, 2.75) is 45.6 Å². The molecule has 1 aromatic carbocycles. The van der Waals surface area contributed by atoms with E-state index in [0.717, 1.165) is 12.0 Å². The van der Waals surface area contributed by atoms with E-state index in [0.29, 0.717) is 11.7 Å². The summed E-state index contributed by atoms with van der Waals surface area (Å²) in [6, 6.07) is 8.05. The smallest absolute Gasteiger partial charge is 0.257 e. The number of hydrogen-bond acceptors (Lipinski definition) is 4. The Bertz CT molecular complexity index is 537. The number of rotatable bonds is 3. The third-order valence-electron chi connectivity index (χ3n) is 3.21. The number of hydrogen-bond donors (Lipinski definition) is 1. The Labute approximate surface area is 114 Å². The summed E-state index contributed by atoms with van der Waals surface area (Å²) in [4.78, 5) is 4.34. The average molecular weight is 259 g/mol. The van der Waals surface area contributed by atoms with E-state index in [9.17, 15) is 0 Å². The Kier molecular flexibility index (Phi) is 3.71. The molecule has 0 amide bonds. The molecule has 1 unspecified atom stereocenters. The van der Waals surface area contributed by atoms with Crippen LogP contribution in [0.3, 0.4) is 0 Å². The van der Waals surface area contributed by atoms with Gasteiger partial charge in [-0.1, -0.05) is 45.0 Å². The quantitative estimate of drug-likeness (QED) is 0.917. The molecule has 2 aromatic rings. The maximum absolute atomic E-state index is 5.88. The van der Waals surface area contributed by atoms with Gasteiger partial charge in [0, 0.05) is 5.56 Å². The van der Waals surface area contributed by atoms with Crippen LogP contribution in [0.15, 0.2) is 28.8 Å². The highest BCUT2D eigenvalue weighted by Gasteiger charge is 2.16. The molecule has 0 saturated heterocycles. The summed E-state index contributed by atoms with van der Waals surface area (Å²) in [5.41, 5.74) is 8.23. The SMILES string of the molecule is CCC(N)c1noc(-c2ccc(C(C)(C)C)cc2)n1. The van der Waals surface area contributed by atoms with Crippen molar-refractivity contribution in [3.8, 4) is 11.5 Å². The van der Waals surface area contributed by atoms with Crippen molar-refractivity contribution in [1.29, 1.82) is 0 Å². The molecule has 0 saturated carbocycles. The van der Waals surface area contributed by atoms with E-state index in [-0.39, 0.29) is 11.5 Å². The number of nitrogens with zero attached hydrogens (tertiary/aromatic N) is 2. The molecule has 4 heteroatoms. The monoisotopic (exact) mass is 259 g/mol. The van der Waals surface area contributed by atoms with Crippen molar-refractivity contribution in [3.63, 3.8) is 0 Å². The summed E-state index contributed by atoms with van der Waals surface area (Å²) in [6.07, 6.45) is 0.794. The molecule has 2 rings (SSSR count). The van der Waals surface area contributed by atoms with Crippen LogP contribution >= 0.6 is 0 Å². The van der Waals surface area contributed by atoms with Crippen molar-refractivity contribution in [1.82, 2.24) is 10.1 Å². The van der Waals surface area contributed by atoms with Crippen LogP contribution in [0.25, 0.3) is 11.5 Å². The van der Waals surface area contributed by atoms with Crippen molar-refractivity contribution < 1.29 is 4.52 Å². The first-order chi connectivity index (χ1) is 8.91. The maximum atomic E-state index is 5.88. The first-order valence-corrected chi connectivity index (χ1v) is 6.62. The zero-order chi connectivity index (χ0) is 14.0. The van der Waals surface area contributed by atoms with Crippen LogP contribution < -0.4 is 5.73 Å². The highest BCUT2D eigenvalue weighted by Crippen LogP contribution is 2.25. The van der Waals surface area contributed by atoms with Crippen LogP contribution in [-0.2, 0) is 5.41 Å². The minimum Gasteiger partial charge on any atom is -0.334 e.